The van der Waals surface area contributed by atoms with Crippen molar-refractivity contribution in [2.45, 2.75) is 16.3 Å². The van der Waals surface area contributed by atoms with Crippen LogP contribution in [-0.2, 0) is 6.54 Å². The normalized spacial score (nSPS) is 12.3. The van der Waals surface area contributed by atoms with Crippen LogP contribution in [0.1, 0.15) is 0 Å². The first-order valence-corrected chi connectivity index (χ1v) is 10.8. The fourth-order valence-corrected chi connectivity index (χ4v) is 4.78. The molecule has 7 nitrogen and oxygen atoms in total. The molecule has 0 bridgehead atoms. The molecule has 0 amide bonds. The number of rotatable bonds is 11. The van der Waals surface area contributed by atoms with Gasteiger partial charge in [-0.15, -0.1) is 0 Å². The van der Waals surface area contributed by atoms with Crippen molar-refractivity contribution in [1.82, 2.24) is 20.4 Å². The summed E-state index contributed by atoms with van der Waals surface area (Å²) in [6.07, 6.45) is 0. The van der Waals surface area contributed by atoms with Gasteiger partial charge in [0.15, 0.2) is 0 Å². The van der Waals surface area contributed by atoms with Crippen LogP contribution in [0.4, 0.5) is 5.69 Å². The van der Waals surface area contributed by atoms with E-state index in [1.54, 1.807) is 11.8 Å². The van der Waals surface area contributed by atoms with Crippen LogP contribution in [0.2, 0.25) is 0 Å². The minimum absolute atomic E-state index is 0.140. The number of nitrogens with zero attached hydrogens (tertiary/aromatic N) is 2. The summed E-state index contributed by atoms with van der Waals surface area (Å²) in [5.41, 5.74) is 4.46. The Labute approximate surface area is 174 Å². The van der Waals surface area contributed by atoms with Crippen LogP contribution in [0, 0.1) is 0 Å². The van der Waals surface area contributed by atoms with Crippen molar-refractivity contribution < 1.29 is 10.2 Å². The first-order valence-electron chi connectivity index (χ1n) is 10.0. The van der Waals surface area contributed by atoms with Gasteiger partial charge in [0.25, 0.3) is 0 Å². The van der Waals surface area contributed by atoms with Crippen LogP contribution in [0.15, 0.2) is 46.2 Å². The number of anilines is 1. The Kier molecular flexibility index (Phi) is 6.68. The summed E-state index contributed by atoms with van der Waals surface area (Å²) in [4.78, 5) is 2.44. The van der Waals surface area contributed by atoms with Gasteiger partial charge < -0.3 is 26.2 Å². The smallest absolute Gasteiger partial charge is 0.103 e. The Morgan fingerprint density at radius 1 is 0.897 bits per heavy atom. The lowest BCUT2D eigenvalue weighted by molar-refractivity contribution is 0.291. The number of aliphatic hydroxyl groups excluding tert-OH is 2. The number of benzene rings is 2. The van der Waals surface area contributed by atoms with E-state index >= 15 is 0 Å². The summed E-state index contributed by atoms with van der Waals surface area (Å²) in [6.45, 7) is 4.58. The van der Waals surface area contributed by atoms with E-state index in [9.17, 15) is 0 Å². The minimum atomic E-state index is 0.140. The Morgan fingerprint density at radius 3 is 2.52 bits per heavy atom. The van der Waals surface area contributed by atoms with Gasteiger partial charge in [0.2, 0.25) is 0 Å². The van der Waals surface area contributed by atoms with E-state index in [1.165, 1.54) is 20.7 Å². The Balaban J connectivity index is 1.66. The molecule has 0 aliphatic carbocycles. The highest BCUT2D eigenvalue weighted by atomic mass is 32.2. The van der Waals surface area contributed by atoms with Gasteiger partial charge in [-0.05, 0) is 18.2 Å². The van der Waals surface area contributed by atoms with Gasteiger partial charge in [0, 0.05) is 59.2 Å². The first-order chi connectivity index (χ1) is 14.3. The summed E-state index contributed by atoms with van der Waals surface area (Å²) >= 11 is 1.79. The largest absolute Gasteiger partial charge is 0.395 e. The van der Waals surface area contributed by atoms with Crippen LogP contribution >= 0.6 is 11.8 Å². The number of aromatic nitrogens is 2. The molecule has 0 fully saturated rings. The minimum Gasteiger partial charge on any atom is -0.395 e. The molecule has 154 valence electrons. The molecule has 0 unspecified atom stereocenters. The third kappa shape index (κ3) is 4.26. The summed E-state index contributed by atoms with van der Waals surface area (Å²) in [5.74, 6) is 0. The van der Waals surface area contributed by atoms with Crippen molar-refractivity contribution in [3.05, 3.63) is 36.4 Å². The summed E-state index contributed by atoms with van der Waals surface area (Å²) in [6, 6.07) is 12.7. The van der Waals surface area contributed by atoms with Gasteiger partial charge in [0.05, 0.1) is 25.3 Å². The lowest BCUT2D eigenvalue weighted by Gasteiger charge is -2.19. The van der Waals surface area contributed by atoms with Gasteiger partial charge in [-0.2, -0.15) is 5.10 Å². The topological polar surface area (TPSA) is 94.4 Å². The summed E-state index contributed by atoms with van der Waals surface area (Å²) < 4.78 is 2.06. The summed E-state index contributed by atoms with van der Waals surface area (Å²) in [5, 5.41) is 34.0. The number of aliphatic hydroxyl groups is 2. The van der Waals surface area contributed by atoms with Gasteiger partial charge in [-0.1, -0.05) is 30.0 Å². The monoisotopic (exact) mass is 413 g/mol. The standard InChI is InChI=1S/C21H27N5O2S/c27-13-10-22-7-8-24-16-5-6-17-19-20(25-26(17)12-9-23-11-14-28)15-3-1-2-4-18(15)29-21(16)19/h1-6,22-24,27-28H,7-14H2. The molecule has 5 N–H and O–H groups in total. The molecule has 29 heavy (non-hydrogen) atoms. The van der Waals surface area contributed by atoms with Crippen molar-refractivity contribution in [2.75, 3.05) is 51.3 Å². The SMILES string of the molecule is OCCNCCNc1ccc2c3c(nn2CCNCCO)-c2ccccc2Sc13. The molecule has 2 aromatic carbocycles. The van der Waals surface area contributed by atoms with Crippen LogP contribution in [-0.4, -0.2) is 65.9 Å². The van der Waals surface area contributed by atoms with E-state index in [2.05, 4.69) is 57.0 Å². The summed E-state index contributed by atoms with van der Waals surface area (Å²) in [7, 11) is 0. The highest BCUT2D eigenvalue weighted by molar-refractivity contribution is 8.00. The highest BCUT2D eigenvalue weighted by Crippen LogP contribution is 2.50. The Hall–Kier alpha value is -2.10. The molecule has 0 saturated carbocycles. The lowest BCUT2D eigenvalue weighted by Crippen LogP contribution is -2.25. The molecule has 0 saturated heterocycles. The van der Waals surface area contributed by atoms with Crippen LogP contribution in [0.25, 0.3) is 22.2 Å². The molecule has 0 atom stereocenters. The maximum Gasteiger partial charge on any atom is 0.103 e. The second kappa shape index (κ2) is 9.60. The van der Waals surface area contributed by atoms with Gasteiger partial charge in [-0.3, -0.25) is 4.68 Å². The zero-order valence-electron chi connectivity index (χ0n) is 16.3. The molecule has 0 radical (unpaired) electrons. The maximum absolute atomic E-state index is 8.97. The van der Waals surface area contributed by atoms with Crippen LogP contribution in [0.5, 0.6) is 0 Å². The predicted octanol–water partition coefficient (Wildman–Crippen LogP) is 1.74. The van der Waals surface area contributed by atoms with Crippen molar-refractivity contribution in [2.24, 2.45) is 0 Å². The average Bonchev–Trinajstić information content (AvgIpc) is 3.12. The molecular weight excluding hydrogens is 386 g/mol. The van der Waals surface area contributed by atoms with Gasteiger partial charge in [0.1, 0.15) is 5.69 Å². The maximum atomic E-state index is 8.97. The Bertz CT molecular complexity index is 975. The molecule has 8 heteroatoms. The van der Waals surface area contributed by atoms with Gasteiger partial charge in [-0.25, -0.2) is 0 Å². The number of fused-ring (bicyclic) bond motifs is 2. The molecular formula is C21H27N5O2S. The fourth-order valence-electron chi connectivity index (χ4n) is 3.58. The average molecular weight is 414 g/mol. The van der Waals surface area contributed by atoms with Crippen molar-refractivity contribution in [3.63, 3.8) is 0 Å². The fraction of sp³-hybridized carbons (Fsp3) is 0.381. The Morgan fingerprint density at radius 2 is 1.69 bits per heavy atom. The lowest BCUT2D eigenvalue weighted by atomic mass is 10.1. The molecule has 0 spiro atoms. The van der Waals surface area contributed by atoms with E-state index < -0.39 is 0 Å². The van der Waals surface area contributed by atoms with E-state index in [0.29, 0.717) is 13.1 Å². The second-order valence-corrected chi connectivity index (χ2v) is 7.93. The van der Waals surface area contributed by atoms with Crippen molar-refractivity contribution in [3.8, 4) is 11.3 Å². The van der Waals surface area contributed by atoms with E-state index in [4.69, 9.17) is 15.3 Å². The van der Waals surface area contributed by atoms with Crippen LogP contribution in [0.3, 0.4) is 0 Å². The van der Waals surface area contributed by atoms with Crippen LogP contribution < -0.4 is 16.0 Å². The molecule has 2 heterocycles. The zero-order chi connectivity index (χ0) is 20.1. The third-order valence-electron chi connectivity index (χ3n) is 4.92. The molecule has 1 aliphatic rings. The second-order valence-electron chi connectivity index (χ2n) is 6.88. The van der Waals surface area contributed by atoms with E-state index in [-0.39, 0.29) is 13.2 Å². The number of hydrogen-bond acceptors (Lipinski definition) is 7. The van der Waals surface area contributed by atoms with E-state index in [1.807, 2.05) is 0 Å². The molecule has 4 rings (SSSR count). The third-order valence-corrected chi connectivity index (χ3v) is 6.12. The molecule has 1 aliphatic heterocycles. The van der Waals surface area contributed by atoms with Gasteiger partial charge >= 0.3 is 0 Å². The van der Waals surface area contributed by atoms with E-state index in [0.717, 1.165) is 43.1 Å². The first kappa shape index (κ1) is 20.2. The molecule has 1 aromatic heterocycles. The van der Waals surface area contributed by atoms with Crippen molar-refractivity contribution >= 4 is 28.4 Å². The number of nitrogens with one attached hydrogen (secondary N) is 3. The number of hydrogen-bond donors (Lipinski definition) is 5. The quantitative estimate of drug-likeness (QED) is 0.239. The predicted molar refractivity (Wildman–Crippen MR) is 118 cm³/mol. The zero-order valence-corrected chi connectivity index (χ0v) is 17.1. The molecule has 3 aromatic rings. The highest BCUT2D eigenvalue weighted by Gasteiger charge is 2.25. The van der Waals surface area contributed by atoms with Crippen molar-refractivity contribution in [1.29, 1.82) is 0 Å².